The molecule has 2 aromatic heterocycles. The lowest BCUT2D eigenvalue weighted by Crippen LogP contribution is -1.89. The molecule has 2 heterocycles. The fourth-order valence-electron chi connectivity index (χ4n) is 1.85. The van der Waals surface area contributed by atoms with Crippen molar-refractivity contribution in [3.8, 4) is 11.1 Å². The Morgan fingerprint density at radius 3 is 2.94 bits per heavy atom. The van der Waals surface area contributed by atoms with Crippen LogP contribution in [0.3, 0.4) is 0 Å². The standard InChI is InChI=1S/C13H10FN3/c1-9-2-4-12(14)11(6-9)10-3-5-13-16-15-8-17(13)7-10/h2-8H,1H3. The molecule has 4 heteroatoms. The lowest BCUT2D eigenvalue weighted by molar-refractivity contribution is 0.631. The highest BCUT2D eigenvalue weighted by atomic mass is 19.1. The van der Waals surface area contributed by atoms with Crippen LogP contribution in [0.5, 0.6) is 0 Å². The van der Waals surface area contributed by atoms with Crippen LogP contribution in [-0.2, 0) is 0 Å². The molecule has 3 rings (SSSR count). The predicted octanol–water partition coefficient (Wildman–Crippen LogP) is 2.84. The number of pyridine rings is 1. The Labute approximate surface area is 97.5 Å². The number of aryl methyl sites for hydroxylation is 1. The Balaban J connectivity index is 2.22. The van der Waals surface area contributed by atoms with E-state index < -0.39 is 0 Å². The van der Waals surface area contributed by atoms with Gasteiger partial charge in [-0.15, -0.1) is 10.2 Å². The molecule has 0 atom stereocenters. The summed E-state index contributed by atoms with van der Waals surface area (Å²) in [4.78, 5) is 0. The zero-order valence-electron chi connectivity index (χ0n) is 9.26. The lowest BCUT2D eigenvalue weighted by atomic mass is 10.0. The van der Waals surface area contributed by atoms with Gasteiger partial charge in [-0.3, -0.25) is 4.40 Å². The van der Waals surface area contributed by atoms with E-state index in [0.717, 1.165) is 16.8 Å². The van der Waals surface area contributed by atoms with Gasteiger partial charge in [-0.2, -0.15) is 0 Å². The fourth-order valence-corrected chi connectivity index (χ4v) is 1.85. The van der Waals surface area contributed by atoms with Crippen LogP contribution in [0.25, 0.3) is 16.8 Å². The van der Waals surface area contributed by atoms with Gasteiger partial charge >= 0.3 is 0 Å². The van der Waals surface area contributed by atoms with E-state index in [1.54, 1.807) is 16.8 Å². The van der Waals surface area contributed by atoms with E-state index in [9.17, 15) is 4.39 Å². The van der Waals surface area contributed by atoms with Crippen LogP contribution in [0.4, 0.5) is 4.39 Å². The number of hydrogen-bond donors (Lipinski definition) is 0. The largest absolute Gasteiger partial charge is 0.288 e. The quantitative estimate of drug-likeness (QED) is 0.640. The highest BCUT2D eigenvalue weighted by molar-refractivity contribution is 5.65. The van der Waals surface area contributed by atoms with Gasteiger partial charge in [-0.1, -0.05) is 11.6 Å². The van der Waals surface area contributed by atoms with Crippen LogP contribution in [0.1, 0.15) is 5.56 Å². The fraction of sp³-hybridized carbons (Fsp3) is 0.0769. The average molecular weight is 227 g/mol. The van der Waals surface area contributed by atoms with E-state index in [1.165, 1.54) is 6.07 Å². The van der Waals surface area contributed by atoms with Gasteiger partial charge in [0.2, 0.25) is 0 Å². The number of hydrogen-bond acceptors (Lipinski definition) is 2. The maximum absolute atomic E-state index is 13.7. The van der Waals surface area contributed by atoms with E-state index in [2.05, 4.69) is 10.2 Å². The number of nitrogens with zero attached hydrogens (tertiary/aromatic N) is 3. The van der Waals surface area contributed by atoms with Crippen LogP contribution in [-0.4, -0.2) is 14.6 Å². The minimum absolute atomic E-state index is 0.219. The third kappa shape index (κ3) is 1.67. The first-order valence-corrected chi connectivity index (χ1v) is 5.30. The minimum atomic E-state index is -0.219. The Morgan fingerprint density at radius 2 is 2.06 bits per heavy atom. The van der Waals surface area contributed by atoms with Crippen LogP contribution >= 0.6 is 0 Å². The van der Waals surface area contributed by atoms with E-state index in [1.807, 2.05) is 31.3 Å². The third-order valence-corrected chi connectivity index (χ3v) is 2.72. The Kier molecular flexibility index (Phi) is 2.14. The second kappa shape index (κ2) is 3.66. The number of aromatic nitrogens is 3. The molecule has 17 heavy (non-hydrogen) atoms. The number of fused-ring (bicyclic) bond motifs is 1. The molecule has 0 unspecified atom stereocenters. The molecule has 3 nitrogen and oxygen atoms in total. The first-order chi connectivity index (χ1) is 8.24. The SMILES string of the molecule is Cc1ccc(F)c(-c2ccc3nncn3c2)c1. The predicted molar refractivity (Wildman–Crippen MR) is 63.1 cm³/mol. The normalized spacial score (nSPS) is 10.9. The molecular formula is C13H10FN3. The molecule has 0 fully saturated rings. The van der Waals surface area contributed by atoms with Gasteiger partial charge in [0, 0.05) is 17.3 Å². The van der Waals surface area contributed by atoms with Crippen LogP contribution in [0, 0.1) is 12.7 Å². The van der Waals surface area contributed by atoms with Crippen molar-refractivity contribution in [2.75, 3.05) is 0 Å². The number of rotatable bonds is 1. The van der Waals surface area contributed by atoms with Gasteiger partial charge in [0.1, 0.15) is 12.1 Å². The number of benzene rings is 1. The highest BCUT2D eigenvalue weighted by Crippen LogP contribution is 2.23. The van der Waals surface area contributed by atoms with E-state index >= 15 is 0 Å². The van der Waals surface area contributed by atoms with Crippen molar-refractivity contribution in [1.29, 1.82) is 0 Å². The summed E-state index contributed by atoms with van der Waals surface area (Å²) in [5.41, 5.74) is 3.20. The van der Waals surface area contributed by atoms with E-state index in [-0.39, 0.29) is 5.82 Å². The van der Waals surface area contributed by atoms with Gasteiger partial charge in [0.15, 0.2) is 5.65 Å². The van der Waals surface area contributed by atoms with Gasteiger partial charge in [0.25, 0.3) is 0 Å². The molecule has 0 aliphatic heterocycles. The summed E-state index contributed by atoms with van der Waals surface area (Å²) in [6.45, 7) is 1.94. The summed E-state index contributed by atoms with van der Waals surface area (Å²) >= 11 is 0. The van der Waals surface area contributed by atoms with Gasteiger partial charge in [-0.25, -0.2) is 4.39 Å². The van der Waals surface area contributed by atoms with Crippen molar-refractivity contribution < 1.29 is 4.39 Å². The first-order valence-electron chi connectivity index (χ1n) is 5.30. The minimum Gasteiger partial charge on any atom is -0.288 e. The second-order valence-corrected chi connectivity index (χ2v) is 4.00. The molecule has 0 N–H and O–H groups in total. The van der Waals surface area contributed by atoms with E-state index in [4.69, 9.17) is 0 Å². The molecule has 0 spiro atoms. The Bertz CT molecular complexity index is 688. The Hall–Kier alpha value is -2.23. The molecule has 0 saturated heterocycles. The molecule has 0 amide bonds. The zero-order valence-corrected chi connectivity index (χ0v) is 9.26. The molecule has 3 aromatic rings. The monoisotopic (exact) mass is 227 g/mol. The van der Waals surface area contributed by atoms with Crippen LogP contribution in [0.15, 0.2) is 42.9 Å². The molecule has 1 aromatic carbocycles. The van der Waals surface area contributed by atoms with Crippen molar-refractivity contribution in [1.82, 2.24) is 14.6 Å². The maximum Gasteiger partial charge on any atom is 0.160 e. The second-order valence-electron chi connectivity index (χ2n) is 4.00. The van der Waals surface area contributed by atoms with Crippen molar-refractivity contribution in [3.05, 3.63) is 54.2 Å². The van der Waals surface area contributed by atoms with E-state index in [0.29, 0.717) is 5.56 Å². The van der Waals surface area contributed by atoms with Crippen LogP contribution in [0.2, 0.25) is 0 Å². The van der Waals surface area contributed by atoms with Crippen molar-refractivity contribution >= 4 is 5.65 Å². The maximum atomic E-state index is 13.7. The van der Waals surface area contributed by atoms with Crippen molar-refractivity contribution in [3.63, 3.8) is 0 Å². The summed E-state index contributed by atoms with van der Waals surface area (Å²) in [6, 6.07) is 8.75. The zero-order chi connectivity index (χ0) is 11.8. The Morgan fingerprint density at radius 1 is 1.18 bits per heavy atom. The molecule has 0 saturated carbocycles. The molecule has 84 valence electrons. The van der Waals surface area contributed by atoms with Crippen molar-refractivity contribution in [2.24, 2.45) is 0 Å². The summed E-state index contributed by atoms with van der Waals surface area (Å²) < 4.78 is 15.5. The first kappa shape index (κ1) is 9.96. The molecular weight excluding hydrogens is 217 g/mol. The average Bonchev–Trinajstić information content (AvgIpc) is 2.79. The van der Waals surface area contributed by atoms with Crippen LogP contribution < -0.4 is 0 Å². The van der Waals surface area contributed by atoms with Crippen molar-refractivity contribution in [2.45, 2.75) is 6.92 Å². The van der Waals surface area contributed by atoms with Gasteiger partial charge in [0.05, 0.1) is 0 Å². The smallest absolute Gasteiger partial charge is 0.160 e. The summed E-state index contributed by atoms with van der Waals surface area (Å²) in [5, 5.41) is 7.71. The summed E-state index contributed by atoms with van der Waals surface area (Å²) in [5.74, 6) is -0.219. The van der Waals surface area contributed by atoms with Gasteiger partial charge in [-0.05, 0) is 31.2 Å². The van der Waals surface area contributed by atoms with Gasteiger partial charge < -0.3 is 0 Å². The lowest BCUT2D eigenvalue weighted by Gasteiger charge is -2.05. The summed E-state index contributed by atoms with van der Waals surface area (Å²) in [7, 11) is 0. The highest BCUT2D eigenvalue weighted by Gasteiger charge is 2.06. The molecule has 0 aliphatic carbocycles. The molecule has 0 aliphatic rings. The topological polar surface area (TPSA) is 30.2 Å². The third-order valence-electron chi connectivity index (χ3n) is 2.72. The molecule has 0 bridgehead atoms. The summed E-state index contributed by atoms with van der Waals surface area (Å²) in [6.07, 6.45) is 3.43. The number of halogens is 1. The molecule has 0 radical (unpaired) electrons.